The first-order valence-electron chi connectivity index (χ1n) is 11.2. The van der Waals surface area contributed by atoms with Gasteiger partial charge in [-0.3, -0.25) is 19.3 Å². The molecular formula is C26H29N5O2. The number of benzene rings is 1. The maximum atomic E-state index is 13.5. The fourth-order valence-electron chi connectivity index (χ4n) is 4.37. The van der Waals surface area contributed by atoms with Crippen LogP contribution in [0.15, 0.2) is 73.7 Å². The van der Waals surface area contributed by atoms with Crippen LogP contribution in [0.5, 0.6) is 0 Å². The van der Waals surface area contributed by atoms with Gasteiger partial charge in [0.2, 0.25) is 11.8 Å². The number of rotatable bonds is 7. The number of hydrogen-bond donors (Lipinski definition) is 0. The monoisotopic (exact) mass is 443 g/mol. The second-order valence-corrected chi connectivity index (χ2v) is 8.35. The molecule has 1 aliphatic rings. The molecule has 7 nitrogen and oxygen atoms in total. The maximum Gasteiger partial charge on any atom is 0.247 e. The van der Waals surface area contributed by atoms with Crippen LogP contribution < -0.4 is 0 Å². The van der Waals surface area contributed by atoms with E-state index in [1.54, 1.807) is 39.1 Å². The number of carbonyl (C=O) groups is 2. The lowest BCUT2D eigenvalue weighted by Crippen LogP contribution is -2.60. The lowest BCUT2D eigenvalue weighted by Gasteiger charge is -2.41. The van der Waals surface area contributed by atoms with Crippen LogP contribution in [0.4, 0.5) is 0 Å². The van der Waals surface area contributed by atoms with Crippen molar-refractivity contribution in [1.82, 2.24) is 24.6 Å². The summed E-state index contributed by atoms with van der Waals surface area (Å²) in [6.07, 6.45) is 7.41. The molecule has 2 amide bonds. The highest BCUT2D eigenvalue weighted by atomic mass is 16.2. The van der Waals surface area contributed by atoms with E-state index in [0.717, 1.165) is 22.4 Å². The second kappa shape index (κ2) is 9.81. The quantitative estimate of drug-likeness (QED) is 0.526. The van der Waals surface area contributed by atoms with Gasteiger partial charge in [0.1, 0.15) is 12.1 Å². The van der Waals surface area contributed by atoms with Crippen molar-refractivity contribution < 1.29 is 9.59 Å². The fourth-order valence-corrected chi connectivity index (χ4v) is 4.37. The molecule has 1 aromatic carbocycles. The van der Waals surface area contributed by atoms with Gasteiger partial charge in [-0.2, -0.15) is 5.10 Å². The molecule has 0 N–H and O–H groups in total. The Bertz CT molecular complexity index is 1120. The Morgan fingerprint density at radius 1 is 1.09 bits per heavy atom. The van der Waals surface area contributed by atoms with E-state index >= 15 is 0 Å². The topological polar surface area (TPSA) is 71.3 Å². The van der Waals surface area contributed by atoms with Crippen LogP contribution in [0.1, 0.15) is 24.2 Å². The summed E-state index contributed by atoms with van der Waals surface area (Å²) < 4.78 is 1.71. The van der Waals surface area contributed by atoms with Gasteiger partial charge in [0.05, 0.1) is 0 Å². The van der Waals surface area contributed by atoms with Crippen LogP contribution in [0.3, 0.4) is 0 Å². The molecule has 0 radical (unpaired) electrons. The molecule has 1 aliphatic heterocycles. The van der Waals surface area contributed by atoms with Crippen LogP contribution in [0.25, 0.3) is 11.1 Å². The lowest BCUT2D eigenvalue weighted by atomic mass is 9.98. The zero-order valence-corrected chi connectivity index (χ0v) is 19.1. The van der Waals surface area contributed by atoms with E-state index in [-0.39, 0.29) is 11.8 Å². The SMILES string of the molecule is C=CCN1CCN(C(=O)[C@@H](C)n2nccc2C)[C@H](Cc2ccc(-c3ccncc3)cc2)C1=O. The first kappa shape index (κ1) is 22.5. The molecule has 0 unspecified atom stereocenters. The summed E-state index contributed by atoms with van der Waals surface area (Å²) in [5.41, 5.74) is 4.09. The summed E-state index contributed by atoms with van der Waals surface area (Å²) in [5, 5.41) is 4.30. The number of amides is 2. The molecule has 0 saturated carbocycles. The molecule has 3 heterocycles. The number of pyridine rings is 1. The predicted octanol–water partition coefficient (Wildman–Crippen LogP) is 3.28. The van der Waals surface area contributed by atoms with Gasteiger partial charge >= 0.3 is 0 Å². The molecule has 1 fully saturated rings. The highest BCUT2D eigenvalue weighted by molar-refractivity contribution is 5.90. The van der Waals surface area contributed by atoms with E-state index < -0.39 is 12.1 Å². The molecule has 7 heteroatoms. The van der Waals surface area contributed by atoms with E-state index in [1.807, 2.05) is 56.3 Å². The predicted molar refractivity (Wildman–Crippen MR) is 127 cm³/mol. The minimum Gasteiger partial charge on any atom is -0.335 e. The molecular weight excluding hydrogens is 414 g/mol. The average molecular weight is 444 g/mol. The minimum absolute atomic E-state index is 0.0444. The third kappa shape index (κ3) is 4.72. The zero-order valence-electron chi connectivity index (χ0n) is 19.1. The Morgan fingerprint density at radius 3 is 2.42 bits per heavy atom. The summed E-state index contributed by atoms with van der Waals surface area (Å²) in [4.78, 5) is 34.4. The van der Waals surface area contributed by atoms with Gasteiger partial charge in [0.25, 0.3) is 0 Å². The van der Waals surface area contributed by atoms with Gasteiger partial charge in [-0.15, -0.1) is 6.58 Å². The molecule has 1 saturated heterocycles. The number of nitrogens with zero attached hydrogens (tertiary/aromatic N) is 5. The molecule has 0 spiro atoms. The molecule has 2 aromatic heterocycles. The largest absolute Gasteiger partial charge is 0.335 e. The van der Waals surface area contributed by atoms with Gasteiger partial charge in [0.15, 0.2) is 0 Å². The van der Waals surface area contributed by atoms with Crippen molar-refractivity contribution in [3.63, 3.8) is 0 Å². The Labute approximate surface area is 194 Å². The van der Waals surface area contributed by atoms with Gasteiger partial charge in [0, 0.05) is 50.3 Å². The van der Waals surface area contributed by atoms with E-state index in [0.29, 0.717) is 26.1 Å². The van der Waals surface area contributed by atoms with Crippen LogP contribution in [0.2, 0.25) is 0 Å². The normalized spacial score (nSPS) is 17.2. The number of hydrogen-bond acceptors (Lipinski definition) is 4. The number of carbonyl (C=O) groups excluding carboxylic acids is 2. The third-order valence-electron chi connectivity index (χ3n) is 6.21. The zero-order chi connectivity index (χ0) is 23.4. The lowest BCUT2D eigenvalue weighted by molar-refractivity contribution is -0.152. The van der Waals surface area contributed by atoms with E-state index in [2.05, 4.69) is 16.7 Å². The van der Waals surface area contributed by atoms with Crippen molar-refractivity contribution in [2.75, 3.05) is 19.6 Å². The molecule has 0 aliphatic carbocycles. The first-order chi connectivity index (χ1) is 16.0. The minimum atomic E-state index is -0.559. The van der Waals surface area contributed by atoms with Crippen molar-refractivity contribution >= 4 is 11.8 Å². The van der Waals surface area contributed by atoms with E-state index in [1.165, 1.54) is 0 Å². The average Bonchev–Trinajstić information content (AvgIpc) is 3.27. The van der Waals surface area contributed by atoms with Crippen molar-refractivity contribution in [2.45, 2.75) is 32.4 Å². The molecule has 4 rings (SSSR count). The van der Waals surface area contributed by atoms with Gasteiger partial charge in [-0.1, -0.05) is 30.3 Å². The van der Waals surface area contributed by atoms with Crippen LogP contribution in [-0.2, 0) is 16.0 Å². The molecule has 170 valence electrons. The number of piperazine rings is 1. The Morgan fingerprint density at radius 2 is 1.79 bits per heavy atom. The van der Waals surface area contributed by atoms with Gasteiger partial charge in [-0.25, -0.2) is 0 Å². The Balaban J connectivity index is 1.58. The van der Waals surface area contributed by atoms with Gasteiger partial charge < -0.3 is 9.80 Å². The number of aryl methyl sites for hydroxylation is 1. The number of aromatic nitrogens is 3. The van der Waals surface area contributed by atoms with Crippen molar-refractivity contribution in [3.8, 4) is 11.1 Å². The second-order valence-electron chi connectivity index (χ2n) is 8.35. The smallest absolute Gasteiger partial charge is 0.247 e. The molecule has 2 atom stereocenters. The van der Waals surface area contributed by atoms with Crippen molar-refractivity contribution in [2.24, 2.45) is 0 Å². The molecule has 3 aromatic rings. The van der Waals surface area contributed by atoms with Gasteiger partial charge in [-0.05, 0) is 48.7 Å². The summed E-state index contributed by atoms with van der Waals surface area (Å²) in [5.74, 6) is -0.135. The van der Waals surface area contributed by atoms with Crippen molar-refractivity contribution in [3.05, 3.63) is 85.0 Å². The molecule has 33 heavy (non-hydrogen) atoms. The molecule has 0 bridgehead atoms. The highest BCUT2D eigenvalue weighted by Crippen LogP contribution is 2.23. The first-order valence-corrected chi connectivity index (χ1v) is 11.2. The van der Waals surface area contributed by atoms with Crippen LogP contribution in [-0.4, -0.2) is 62.1 Å². The van der Waals surface area contributed by atoms with Crippen molar-refractivity contribution in [1.29, 1.82) is 0 Å². The standard InChI is InChI=1S/C26H29N5O2/c1-4-15-29-16-17-30(25(32)20(3)31-19(2)9-14-28-31)24(26(29)33)18-21-5-7-22(8-6-21)23-10-12-27-13-11-23/h4-14,20,24H,1,15-18H2,2-3H3/t20-,24-/m1/s1. The summed E-state index contributed by atoms with van der Waals surface area (Å²) >= 11 is 0. The van der Waals surface area contributed by atoms with E-state index in [9.17, 15) is 9.59 Å². The summed E-state index contributed by atoms with van der Waals surface area (Å²) in [7, 11) is 0. The Kier molecular flexibility index (Phi) is 6.68. The maximum absolute atomic E-state index is 13.5. The summed E-state index contributed by atoms with van der Waals surface area (Å²) in [6.45, 7) is 9.00. The Hall–Kier alpha value is -3.74. The van der Waals surface area contributed by atoms with E-state index in [4.69, 9.17) is 0 Å². The fraction of sp³-hybridized carbons (Fsp3) is 0.308. The van der Waals surface area contributed by atoms with Crippen LogP contribution in [0, 0.1) is 6.92 Å². The third-order valence-corrected chi connectivity index (χ3v) is 6.21. The van der Waals surface area contributed by atoms with Crippen LogP contribution >= 0.6 is 0 Å². The summed E-state index contributed by atoms with van der Waals surface area (Å²) in [6, 6.07) is 12.9. The highest BCUT2D eigenvalue weighted by Gasteiger charge is 2.39.